The van der Waals surface area contributed by atoms with Gasteiger partial charge >= 0.3 is 0 Å². The van der Waals surface area contributed by atoms with Crippen LogP contribution in [-0.4, -0.2) is 50.4 Å². The fourth-order valence-corrected chi connectivity index (χ4v) is 2.93. The fraction of sp³-hybridized carbons (Fsp3) is 0.444. The van der Waals surface area contributed by atoms with E-state index in [0.717, 1.165) is 11.5 Å². The molecule has 25 heavy (non-hydrogen) atoms. The van der Waals surface area contributed by atoms with Gasteiger partial charge in [0.2, 0.25) is 5.91 Å². The van der Waals surface area contributed by atoms with Gasteiger partial charge in [0.05, 0.1) is 6.04 Å². The summed E-state index contributed by atoms with van der Waals surface area (Å²) < 4.78 is 1.89. The molecule has 1 saturated heterocycles. The van der Waals surface area contributed by atoms with Gasteiger partial charge in [0.25, 0.3) is 5.91 Å². The molecule has 0 radical (unpaired) electrons. The number of rotatable bonds is 5. The number of nitrogens with zero attached hydrogens (tertiary/aromatic N) is 4. The minimum atomic E-state index is -0.126. The lowest BCUT2D eigenvalue weighted by Gasteiger charge is -2.39. The summed E-state index contributed by atoms with van der Waals surface area (Å²) in [5.41, 5.74) is 1.40. The van der Waals surface area contributed by atoms with E-state index in [2.05, 4.69) is 29.1 Å². The molecule has 0 unspecified atom stereocenters. The molecule has 3 rings (SSSR count). The minimum absolute atomic E-state index is 0.00252. The highest BCUT2D eigenvalue weighted by atomic mass is 16.2. The lowest BCUT2D eigenvalue weighted by atomic mass is 10.1. The molecule has 1 fully saturated rings. The zero-order chi connectivity index (χ0) is 18.0. The Labute approximate surface area is 147 Å². The Morgan fingerprint density at radius 3 is 2.72 bits per heavy atom. The molecule has 0 bridgehead atoms. The van der Waals surface area contributed by atoms with Gasteiger partial charge in [-0.05, 0) is 19.1 Å². The molecular weight excluding hydrogens is 318 g/mol. The van der Waals surface area contributed by atoms with Gasteiger partial charge in [0, 0.05) is 48.9 Å². The van der Waals surface area contributed by atoms with Crippen LogP contribution in [0.4, 0.5) is 0 Å². The van der Waals surface area contributed by atoms with Crippen molar-refractivity contribution in [3.05, 3.63) is 47.8 Å². The van der Waals surface area contributed by atoms with E-state index in [9.17, 15) is 9.59 Å². The first-order chi connectivity index (χ1) is 11.9. The average Bonchev–Trinajstić information content (AvgIpc) is 2.98. The predicted octanol–water partition coefficient (Wildman–Crippen LogP) is 1.35. The van der Waals surface area contributed by atoms with E-state index in [0.29, 0.717) is 18.7 Å². The third-order valence-electron chi connectivity index (χ3n) is 4.30. The van der Waals surface area contributed by atoms with Crippen LogP contribution in [0.2, 0.25) is 0 Å². The topological polar surface area (TPSA) is 80.1 Å². The van der Waals surface area contributed by atoms with Crippen molar-refractivity contribution >= 4 is 11.8 Å². The first-order valence-electron chi connectivity index (χ1n) is 8.46. The number of likely N-dealkylation sites (tertiary alicyclic amines) is 1. The van der Waals surface area contributed by atoms with Gasteiger partial charge in [0.15, 0.2) is 0 Å². The zero-order valence-electron chi connectivity index (χ0n) is 14.8. The zero-order valence-corrected chi connectivity index (χ0v) is 14.8. The van der Waals surface area contributed by atoms with E-state index in [1.54, 1.807) is 29.4 Å². The Balaban J connectivity index is 1.49. The first-order valence-corrected chi connectivity index (χ1v) is 8.46. The van der Waals surface area contributed by atoms with Crippen LogP contribution in [0.1, 0.15) is 41.6 Å². The summed E-state index contributed by atoms with van der Waals surface area (Å²) in [6, 6.07) is 3.44. The number of carbonyl (C=O) groups excluding carboxylic acids is 2. The number of pyridine rings is 1. The average molecular weight is 341 g/mol. The lowest BCUT2D eigenvalue weighted by Crippen LogP contribution is -2.61. The van der Waals surface area contributed by atoms with Crippen molar-refractivity contribution in [2.24, 2.45) is 0 Å². The second-order valence-corrected chi connectivity index (χ2v) is 6.72. The van der Waals surface area contributed by atoms with Gasteiger partial charge in [-0.25, -0.2) is 4.98 Å². The van der Waals surface area contributed by atoms with Crippen LogP contribution in [0.3, 0.4) is 0 Å². The van der Waals surface area contributed by atoms with Crippen LogP contribution in [0.15, 0.2) is 30.7 Å². The lowest BCUT2D eigenvalue weighted by molar-refractivity contribution is -0.136. The third kappa shape index (κ3) is 3.87. The maximum Gasteiger partial charge on any atom is 0.251 e. The van der Waals surface area contributed by atoms with Crippen molar-refractivity contribution in [1.29, 1.82) is 0 Å². The second kappa shape index (κ2) is 7.04. The molecule has 0 saturated carbocycles. The number of amides is 2. The van der Waals surface area contributed by atoms with Gasteiger partial charge in [0.1, 0.15) is 12.4 Å². The van der Waals surface area contributed by atoms with Crippen molar-refractivity contribution in [3.63, 3.8) is 0 Å². The SMILES string of the molecule is Cc1cc(C(=O)NC2CN(C(=O)Cn3ccnc3C(C)C)C2)ccn1. The molecule has 7 nitrogen and oxygen atoms in total. The number of hydrogen-bond acceptors (Lipinski definition) is 4. The molecule has 132 valence electrons. The van der Waals surface area contributed by atoms with Crippen molar-refractivity contribution < 1.29 is 9.59 Å². The molecule has 3 heterocycles. The Morgan fingerprint density at radius 1 is 1.28 bits per heavy atom. The van der Waals surface area contributed by atoms with Crippen LogP contribution >= 0.6 is 0 Å². The van der Waals surface area contributed by atoms with Crippen molar-refractivity contribution in [3.8, 4) is 0 Å². The number of imidazole rings is 1. The van der Waals surface area contributed by atoms with Gasteiger partial charge in [-0.15, -0.1) is 0 Å². The summed E-state index contributed by atoms with van der Waals surface area (Å²) in [6.45, 7) is 7.33. The van der Waals surface area contributed by atoms with Crippen LogP contribution in [0.5, 0.6) is 0 Å². The van der Waals surface area contributed by atoms with Crippen LogP contribution in [-0.2, 0) is 11.3 Å². The highest BCUT2D eigenvalue weighted by Gasteiger charge is 2.32. The Bertz CT molecular complexity index is 777. The monoisotopic (exact) mass is 341 g/mol. The minimum Gasteiger partial charge on any atom is -0.346 e. The molecule has 0 spiro atoms. The maximum atomic E-state index is 12.4. The number of hydrogen-bond donors (Lipinski definition) is 1. The van der Waals surface area contributed by atoms with E-state index in [-0.39, 0.29) is 30.3 Å². The predicted molar refractivity (Wildman–Crippen MR) is 93.1 cm³/mol. The van der Waals surface area contributed by atoms with E-state index in [4.69, 9.17) is 0 Å². The van der Waals surface area contributed by atoms with E-state index in [1.807, 2.05) is 17.7 Å². The van der Waals surface area contributed by atoms with Crippen molar-refractivity contribution in [2.75, 3.05) is 13.1 Å². The summed E-state index contributed by atoms with van der Waals surface area (Å²) in [4.78, 5) is 34.7. The summed E-state index contributed by atoms with van der Waals surface area (Å²) in [7, 11) is 0. The summed E-state index contributed by atoms with van der Waals surface area (Å²) in [5, 5.41) is 2.95. The molecule has 2 aromatic rings. The molecule has 7 heteroatoms. The van der Waals surface area contributed by atoms with Gasteiger partial charge in [-0.3, -0.25) is 14.6 Å². The standard InChI is InChI=1S/C18H23N5O2/c1-12(2)17-20-6-7-22(17)11-16(24)23-9-15(10-23)21-18(25)14-4-5-19-13(3)8-14/h4-8,12,15H,9-11H2,1-3H3,(H,21,25). The highest BCUT2D eigenvalue weighted by molar-refractivity contribution is 5.94. The summed E-state index contributed by atoms with van der Waals surface area (Å²) in [6.07, 6.45) is 5.18. The summed E-state index contributed by atoms with van der Waals surface area (Å²) in [5.74, 6) is 1.10. The molecular formula is C18H23N5O2. The number of nitrogens with one attached hydrogen (secondary N) is 1. The third-order valence-corrected chi connectivity index (χ3v) is 4.30. The largest absolute Gasteiger partial charge is 0.346 e. The maximum absolute atomic E-state index is 12.4. The van der Waals surface area contributed by atoms with E-state index >= 15 is 0 Å². The van der Waals surface area contributed by atoms with Gasteiger partial charge in [-0.2, -0.15) is 0 Å². The number of carbonyl (C=O) groups is 2. The molecule has 2 aromatic heterocycles. The van der Waals surface area contributed by atoms with Crippen LogP contribution in [0.25, 0.3) is 0 Å². The molecule has 0 aliphatic carbocycles. The van der Waals surface area contributed by atoms with Crippen molar-refractivity contribution in [2.45, 2.75) is 39.3 Å². The van der Waals surface area contributed by atoms with E-state index < -0.39 is 0 Å². The Hall–Kier alpha value is -2.70. The molecule has 0 aromatic carbocycles. The quantitative estimate of drug-likeness (QED) is 0.890. The molecule has 0 atom stereocenters. The highest BCUT2D eigenvalue weighted by Crippen LogP contribution is 2.14. The van der Waals surface area contributed by atoms with Crippen molar-refractivity contribution in [1.82, 2.24) is 24.8 Å². The first kappa shape index (κ1) is 17.1. The molecule has 2 amide bonds. The Kier molecular flexibility index (Phi) is 4.83. The molecule has 1 aliphatic rings. The molecule has 1 aliphatic heterocycles. The normalized spacial score (nSPS) is 14.5. The smallest absolute Gasteiger partial charge is 0.251 e. The van der Waals surface area contributed by atoms with Crippen LogP contribution < -0.4 is 5.32 Å². The fourth-order valence-electron chi connectivity index (χ4n) is 2.93. The second-order valence-electron chi connectivity index (χ2n) is 6.72. The molecule has 1 N–H and O–H groups in total. The van der Waals surface area contributed by atoms with E-state index in [1.165, 1.54) is 0 Å². The van der Waals surface area contributed by atoms with Crippen LogP contribution in [0, 0.1) is 6.92 Å². The number of aromatic nitrogens is 3. The van der Waals surface area contributed by atoms with Gasteiger partial charge in [-0.1, -0.05) is 13.8 Å². The Morgan fingerprint density at radius 2 is 2.04 bits per heavy atom. The number of aryl methyl sites for hydroxylation is 1. The summed E-state index contributed by atoms with van der Waals surface area (Å²) >= 11 is 0. The van der Waals surface area contributed by atoms with Gasteiger partial charge < -0.3 is 14.8 Å².